The molecule has 10 N–H and O–H groups in total. The van der Waals surface area contributed by atoms with E-state index < -0.39 is 74.6 Å². The number of aromatic amines is 1. The van der Waals surface area contributed by atoms with Crippen LogP contribution >= 0.6 is 0 Å². The lowest BCUT2D eigenvalue weighted by Gasteiger charge is -2.42. The first kappa shape index (κ1) is 44.3. The number of rotatable bonds is 24. The van der Waals surface area contributed by atoms with Gasteiger partial charge in [0.2, 0.25) is 12.2 Å². The number of aromatic nitrogens is 1. The van der Waals surface area contributed by atoms with Gasteiger partial charge in [-0.1, -0.05) is 71.1 Å². The highest BCUT2D eigenvalue weighted by atomic mass is 16.7. The summed E-state index contributed by atoms with van der Waals surface area (Å²) >= 11 is 0. The molecule has 1 aromatic carbocycles. The lowest BCUT2D eigenvalue weighted by molar-refractivity contribution is -0.323. The molecule has 1 aromatic heterocycles. The summed E-state index contributed by atoms with van der Waals surface area (Å²) in [6.07, 6.45) is 2.26. The molecule has 15 heteroatoms. The van der Waals surface area contributed by atoms with Gasteiger partial charge in [-0.05, 0) is 49.4 Å². The zero-order valence-corrected chi connectivity index (χ0v) is 31.5. The van der Waals surface area contributed by atoms with Crippen LogP contribution in [0.1, 0.15) is 102 Å². The van der Waals surface area contributed by atoms with Crippen LogP contribution in [0.25, 0.3) is 10.9 Å². The van der Waals surface area contributed by atoms with Crippen molar-refractivity contribution in [2.24, 2.45) is 0 Å². The maximum Gasteiger partial charge on any atom is 0.229 e. The zero-order chi connectivity index (χ0) is 39.0. The second-order valence-corrected chi connectivity index (χ2v) is 14.8. The fourth-order valence-corrected chi connectivity index (χ4v) is 7.00. The molecule has 11 atom stereocenters. The van der Waals surface area contributed by atoms with Crippen molar-refractivity contribution in [1.29, 1.82) is 0 Å². The van der Waals surface area contributed by atoms with E-state index in [1.807, 2.05) is 13.1 Å². The van der Waals surface area contributed by atoms with Crippen LogP contribution in [-0.4, -0.2) is 139 Å². The van der Waals surface area contributed by atoms with Crippen molar-refractivity contribution >= 4 is 16.8 Å². The summed E-state index contributed by atoms with van der Waals surface area (Å²) in [5.41, 5.74) is 1.77. The van der Waals surface area contributed by atoms with Crippen LogP contribution in [-0.2, 0) is 25.4 Å². The van der Waals surface area contributed by atoms with Crippen LogP contribution in [0.4, 0.5) is 0 Å². The van der Waals surface area contributed by atoms with Crippen LogP contribution in [0.2, 0.25) is 0 Å². The van der Waals surface area contributed by atoms with Crippen LogP contribution < -0.4 is 10.1 Å². The van der Waals surface area contributed by atoms with Gasteiger partial charge < -0.3 is 70.1 Å². The minimum Gasteiger partial charge on any atom is -0.462 e. The first-order chi connectivity index (χ1) is 26.0. The van der Waals surface area contributed by atoms with E-state index in [2.05, 4.69) is 10.3 Å². The summed E-state index contributed by atoms with van der Waals surface area (Å²) in [5, 5.41) is 84.9. The van der Waals surface area contributed by atoms with Crippen LogP contribution in [0.5, 0.6) is 5.75 Å². The number of fused-ring (bicyclic) bond motifs is 1. The summed E-state index contributed by atoms with van der Waals surface area (Å²) in [5.74, 6) is 0.340. The van der Waals surface area contributed by atoms with Gasteiger partial charge in [-0.15, -0.1) is 0 Å². The highest BCUT2D eigenvalue weighted by Crippen LogP contribution is 2.30. The van der Waals surface area contributed by atoms with Gasteiger partial charge in [0.25, 0.3) is 0 Å². The van der Waals surface area contributed by atoms with Gasteiger partial charge in [-0.3, -0.25) is 4.79 Å². The summed E-state index contributed by atoms with van der Waals surface area (Å²) in [7, 11) is 0. The van der Waals surface area contributed by atoms with E-state index in [9.17, 15) is 45.6 Å². The van der Waals surface area contributed by atoms with Crippen molar-refractivity contribution < 1.29 is 64.6 Å². The molecule has 2 aliphatic heterocycles. The topological polar surface area (TPSA) is 244 Å². The molecule has 15 nitrogen and oxygen atoms in total. The van der Waals surface area contributed by atoms with E-state index in [4.69, 9.17) is 18.9 Å². The Labute approximate surface area is 317 Å². The first-order valence-corrected chi connectivity index (χ1v) is 19.9. The molecule has 0 saturated carbocycles. The average molecular weight is 769 g/mol. The number of unbranched alkanes of at least 4 members (excludes halogenated alkanes) is 10. The molecule has 3 heterocycles. The molecular formula is C39H64N2O13. The molecule has 4 rings (SSSR count). The Morgan fingerprint density at radius 3 is 2.04 bits per heavy atom. The SMILES string of the molecule is CCC(O)CCCCCCCCCCCCCC(=O)NCCc1c[nH]c2ccc(OC3OC(COC4OC(CO)C(O)C(O)C4O)C(O)C(O)C3O)cc12. The van der Waals surface area contributed by atoms with Gasteiger partial charge in [0.05, 0.1) is 19.3 Å². The standard InChI is InChI=1S/C39H64N2O13/c1-2-25(43)14-12-10-8-6-4-3-5-7-9-11-13-15-31(44)40-19-18-24-21-41-28-17-16-26(20-27(24)28)52-39-37(50)35(48)33(46)30(54-39)23-51-38-36(49)34(47)32(45)29(22-42)53-38/h16-17,20-21,25,29-30,32-39,41-43,45-50H,2-15,18-19,22-23H2,1H3,(H,40,44). The van der Waals surface area contributed by atoms with Gasteiger partial charge in [0.15, 0.2) is 6.29 Å². The van der Waals surface area contributed by atoms with Crippen molar-refractivity contribution in [3.05, 3.63) is 30.0 Å². The number of aliphatic hydroxyl groups is 8. The Morgan fingerprint density at radius 2 is 1.39 bits per heavy atom. The van der Waals surface area contributed by atoms with Crippen molar-refractivity contribution in [2.75, 3.05) is 19.8 Å². The number of carbonyl (C=O) groups excluding carboxylic acids is 1. The fraction of sp³-hybridized carbons (Fsp3) is 0.769. The van der Waals surface area contributed by atoms with Crippen molar-refractivity contribution in [3.8, 4) is 5.75 Å². The minimum atomic E-state index is -1.68. The number of amides is 1. The fourth-order valence-electron chi connectivity index (χ4n) is 7.00. The number of ether oxygens (including phenoxy) is 4. The maximum atomic E-state index is 12.5. The molecule has 2 saturated heterocycles. The molecule has 0 radical (unpaired) electrons. The lowest BCUT2D eigenvalue weighted by Crippen LogP contribution is -2.62. The third-order valence-corrected chi connectivity index (χ3v) is 10.6. The summed E-state index contributed by atoms with van der Waals surface area (Å²) in [4.78, 5) is 15.7. The predicted octanol–water partition coefficient (Wildman–Crippen LogP) is 1.67. The van der Waals surface area contributed by atoms with E-state index in [0.29, 0.717) is 25.1 Å². The number of H-pyrrole nitrogens is 1. The summed E-state index contributed by atoms with van der Waals surface area (Å²) in [6, 6.07) is 5.19. The monoisotopic (exact) mass is 768 g/mol. The average Bonchev–Trinajstić information content (AvgIpc) is 3.57. The lowest BCUT2D eigenvalue weighted by atomic mass is 9.98. The third kappa shape index (κ3) is 13.1. The zero-order valence-electron chi connectivity index (χ0n) is 31.5. The third-order valence-electron chi connectivity index (χ3n) is 10.6. The van der Waals surface area contributed by atoms with E-state index in [1.165, 1.54) is 44.9 Å². The molecule has 2 aliphatic rings. The Bertz CT molecular complexity index is 1360. The van der Waals surface area contributed by atoms with Crippen molar-refractivity contribution in [3.63, 3.8) is 0 Å². The molecule has 0 bridgehead atoms. The highest BCUT2D eigenvalue weighted by Gasteiger charge is 2.48. The van der Waals surface area contributed by atoms with E-state index in [-0.39, 0.29) is 12.0 Å². The van der Waals surface area contributed by atoms with Crippen LogP contribution in [0.3, 0.4) is 0 Å². The van der Waals surface area contributed by atoms with Crippen LogP contribution in [0.15, 0.2) is 24.4 Å². The second-order valence-electron chi connectivity index (χ2n) is 14.8. The van der Waals surface area contributed by atoms with Crippen LogP contribution in [0, 0.1) is 0 Å². The number of aliphatic hydroxyl groups excluding tert-OH is 8. The number of hydrogen-bond donors (Lipinski definition) is 10. The normalized spacial score (nSPS) is 29.4. The largest absolute Gasteiger partial charge is 0.462 e. The molecule has 2 aromatic rings. The van der Waals surface area contributed by atoms with Gasteiger partial charge in [-0.2, -0.15) is 0 Å². The Morgan fingerprint density at radius 1 is 0.796 bits per heavy atom. The van der Waals surface area contributed by atoms with Gasteiger partial charge in [0, 0.05) is 30.1 Å². The Kier molecular flexibility index (Phi) is 18.8. The molecule has 0 aliphatic carbocycles. The molecule has 308 valence electrons. The number of benzene rings is 1. The van der Waals surface area contributed by atoms with Gasteiger partial charge in [0.1, 0.15) is 54.6 Å². The molecular weight excluding hydrogens is 704 g/mol. The van der Waals surface area contributed by atoms with E-state index in [0.717, 1.165) is 55.0 Å². The predicted molar refractivity (Wildman–Crippen MR) is 198 cm³/mol. The first-order valence-electron chi connectivity index (χ1n) is 19.9. The van der Waals surface area contributed by atoms with E-state index >= 15 is 0 Å². The van der Waals surface area contributed by atoms with Gasteiger partial charge in [-0.25, -0.2) is 0 Å². The molecule has 54 heavy (non-hydrogen) atoms. The molecule has 1 amide bonds. The van der Waals surface area contributed by atoms with Gasteiger partial charge >= 0.3 is 0 Å². The molecule has 11 unspecified atom stereocenters. The molecule has 0 spiro atoms. The molecule has 2 fully saturated rings. The maximum absolute atomic E-state index is 12.5. The second kappa shape index (κ2) is 23.0. The van der Waals surface area contributed by atoms with Crippen molar-refractivity contribution in [2.45, 2.75) is 171 Å². The number of carbonyl (C=O) groups is 1. The number of hydrogen-bond acceptors (Lipinski definition) is 13. The quantitative estimate of drug-likeness (QED) is 0.0685. The summed E-state index contributed by atoms with van der Waals surface area (Å²) in [6.45, 7) is 1.37. The van der Waals surface area contributed by atoms with E-state index in [1.54, 1.807) is 18.2 Å². The Balaban J connectivity index is 1.14. The smallest absolute Gasteiger partial charge is 0.229 e. The van der Waals surface area contributed by atoms with Crippen molar-refractivity contribution in [1.82, 2.24) is 10.3 Å². The highest BCUT2D eigenvalue weighted by molar-refractivity contribution is 5.84. The Hall–Kier alpha value is -2.41. The minimum absolute atomic E-state index is 0.0274. The number of nitrogens with one attached hydrogen (secondary N) is 2. The summed E-state index contributed by atoms with van der Waals surface area (Å²) < 4.78 is 22.5.